The number of hydrogen-bond donors (Lipinski definition) is 0. The van der Waals surface area contributed by atoms with Crippen molar-refractivity contribution in [2.75, 3.05) is 23.5 Å². The molecule has 0 aromatic heterocycles. The molecule has 1 nitrogen and oxygen atoms in total. The van der Waals surface area contributed by atoms with E-state index in [-0.39, 0.29) is 11.7 Å². The van der Waals surface area contributed by atoms with Crippen molar-refractivity contribution in [3.63, 3.8) is 0 Å². The minimum absolute atomic E-state index is 0.0993. The van der Waals surface area contributed by atoms with Crippen LogP contribution in [0.3, 0.4) is 0 Å². The SMILES string of the molecule is CN(c1c(F)cc(CBr)cc1F)C1CCSC1. The number of hydrogen-bond acceptors (Lipinski definition) is 2. The lowest BCUT2D eigenvalue weighted by molar-refractivity contribution is 0.561. The zero-order chi connectivity index (χ0) is 12.4. The van der Waals surface area contributed by atoms with Crippen LogP contribution in [0.2, 0.25) is 0 Å². The third-order valence-electron chi connectivity index (χ3n) is 3.04. The summed E-state index contributed by atoms with van der Waals surface area (Å²) < 4.78 is 27.8. The number of anilines is 1. The molecule has 0 N–H and O–H groups in total. The molecule has 0 radical (unpaired) electrons. The van der Waals surface area contributed by atoms with Crippen molar-refractivity contribution in [1.82, 2.24) is 0 Å². The Morgan fingerprint density at radius 3 is 2.53 bits per heavy atom. The lowest BCUT2D eigenvalue weighted by Gasteiger charge is -2.27. The number of halogens is 3. The van der Waals surface area contributed by atoms with Crippen LogP contribution in [0.15, 0.2) is 12.1 Å². The van der Waals surface area contributed by atoms with Gasteiger partial charge in [-0.2, -0.15) is 11.8 Å². The summed E-state index contributed by atoms with van der Waals surface area (Å²) in [6, 6.07) is 3.02. The third kappa shape index (κ3) is 2.76. The van der Waals surface area contributed by atoms with Gasteiger partial charge in [0.15, 0.2) is 0 Å². The molecule has 0 aliphatic carbocycles. The maximum absolute atomic E-state index is 13.9. The molecule has 94 valence electrons. The maximum atomic E-state index is 13.9. The first-order valence-electron chi connectivity index (χ1n) is 5.48. The van der Waals surface area contributed by atoms with Crippen LogP contribution < -0.4 is 4.90 Å². The number of benzene rings is 1. The summed E-state index contributed by atoms with van der Waals surface area (Å²) in [5.74, 6) is 1.06. The number of thioether (sulfide) groups is 1. The van der Waals surface area contributed by atoms with Gasteiger partial charge in [-0.3, -0.25) is 0 Å². The Kier molecular flexibility index (Phi) is 4.31. The summed E-state index contributed by atoms with van der Waals surface area (Å²) >= 11 is 5.03. The molecular weight excluding hydrogens is 308 g/mol. The second-order valence-corrected chi connectivity index (χ2v) is 5.88. The first kappa shape index (κ1) is 13.1. The molecule has 1 unspecified atom stereocenters. The van der Waals surface area contributed by atoms with Crippen LogP contribution >= 0.6 is 27.7 Å². The van der Waals surface area contributed by atoms with Crippen molar-refractivity contribution in [1.29, 1.82) is 0 Å². The molecule has 1 heterocycles. The van der Waals surface area contributed by atoms with Crippen molar-refractivity contribution in [2.24, 2.45) is 0 Å². The molecule has 0 spiro atoms. The predicted octanol–water partition coefficient (Wildman–Crippen LogP) is 3.80. The average molecular weight is 322 g/mol. The zero-order valence-corrected chi connectivity index (χ0v) is 12.0. The van der Waals surface area contributed by atoms with Gasteiger partial charge in [-0.05, 0) is 29.9 Å². The summed E-state index contributed by atoms with van der Waals surface area (Å²) in [5, 5.41) is 0.462. The Hall–Kier alpha value is -0.290. The van der Waals surface area contributed by atoms with Gasteiger partial charge in [0.1, 0.15) is 17.3 Å². The second kappa shape index (κ2) is 5.57. The Morgan fingerprint density at radius 1 is 1.41 bits per heavy atom. The van der Waals surface area contributed by atoms with Gasteiger partial charge in [0, 0.05) is 24.2 Å². The van der Waals surface area contributed by atoms with E-state index in [1.165, 1.54) is 12.1 Å². The molecule has 1 aromatic rings. The van der Waals surface area contributed by atoms with Gasteiger partial charge in [0.25, 0.3) is 0 Å². The maximum Gasteiger partial charge on any atom is 0.149 e. The van der Waals surface area contributed by atoms with Crippen LogP contribution in [0.25, 0.3) is 0 Å². The van der Waals surface area contributed by atoms with Crippen molar-refractivity contribution in [3.8, 4) is 0 Å². The highest BCUT2D eigenvalue weighted by molar-refractivity contribution is 9.08. The molecule has 2 rings (SSSR count). The molecule has 5 heteroatoms. The van der Waals surface area contributed by atoms with Crippen LogP contribution in [-0.2, 0) is 5.33 Å². The third-order valence-corrected chi connectivity index (χ3v) is 4.83. The average Bonchev–Trinajstić information content (AvgIpc) is 2.81. The molecule has 0 saturated carbocycles. The van der Waals surface area contributed by atoms with Gasteiger partial charge < -0.3 is 4.90 Å². The van der Waals surface area contributed by atoms with E-state index in [9.17, 15) is 8.78 Å². The molecule has 1 aromatic carbocycles. The summed E-state index contributed by atoms with van der Waals surface area (Å²) in [5.41, 5.74) is 0.722. The van der Waals surface area contributed by atoms with Crippen molar-refractivity contribution >= 4 is 33.4 Å². The minimum atomic E-state index is -0.473. The molecular formula is C12H14BrF2NS. The normalized spacial score (nSPS) is 19.6. The van der Waals surface area contributed by atoms with Gasteiger partial charge in [-0.15, -0.1) is 0 Å². The molecule has 1 aliphatic heterocycles. The molecule has 1 atom stereocenters. The topological polar surface area (TPSA) is 3.24 Å². The first-order chi connectivity index (χ1) is 8.13. The molecule has 0 bridgehead atoms. The van der Waals surface area contributed by atoms with Crippen molar-refractivity contribution < 1.29 is 8.78 Å². The van der Waals surface area contributed by atoms with Crippen LogP contribution in [0.5, 0.6) is 0 Å². The van der Waals surface area contributed by atoms with E-state index in [1.807, 2.05) is 11.8 Å². The monoisotopic (exact) mass is 321 g/mol. The van der Waals surface area contributed by atoms with Crippen molar-refractivity contribution in [3.05, 3.63) is 29.3 Å². The summed E-state index contributed by atoms with van der Waals surface area (Å²) in [6.07, 6.45) is 0.986. The standard InChI is InChI=1S/C12H14BrF2NS/c1-16(9-2-3-17-7-9)12-10(14)4-8(6-13)5-11(12)15/h4-5,9H,2-3,6-7H2,1H3. The largest absolute Gasteiger partial charge is 0.366 e. The Balaban J connectivity index is 2.30. The van der Waals surface area contributed by atoms with Crippen LogP contribution in [0.1, 0.15) is 12.0 Å². The quantitative estimate of drug-likeness (QED) is 0.779. The van der Waals surface area contributed by atoms with E-state index >= 15 is 0 Å². The molecule has 17 heavy (non-hydrogen) atoms. The Bertz CT molecular complexity index is 384. The summed E-state index contributed by atoms with van der Waals surface area (Å²) in [7, 11) is 1.77. The highest BCUT2D eigenvalue weighted by Crippen LogP contribution is 2.30. The van der Waals surface area contributed by atoms with E-state index < -0.39 is 11.6 Å². The molecule has 1 aliphatic rings. The van der Waals surface area contributed by atoms with Crippen LogP contribution in [-0.4, -0.2) is 24.6 Å². The predicted molar refractivity (Wildman–Crippen MR) is 73.1 cm³/mol. The van der Waals surface area contributed by atoms with E-state index in [2.05, 4.69) is 15.9 Å². The summed E-state index contributed by atoms with van der Waals surface area (Å²) in [4.78, 5) is 1.74. The smallest absolute Gasteiger partial charge is 0.149 e. The lowest BCUT2D eigenvalue weighted by atomic mass is 10.1. The fourth-order valence-electron chi connectivity index (χ4n) is 2.04. The van der Waals surface area contributed by atoms with Gasteiger partial charge in [-0.25, -0.2) is 8.78 Å². The van der Waals surface area contributed by atoms with E-state index in [0.717, 1.165) is 17.9 Å². The second-order valence-electron chi connectivity index (χ2n) is 4.17. The van der Waals surface area contributed by atoms with Crippen molar-refractivity contribution in [2.45, 2.75) is 17.8 Å². The number of alkyl halides is 1. The Labute approximate surface area is 113 Å². The number of nitrogens with zero attached hydrogens (tertiary/aromatic N) is 1. The van der Waals surface area contributed by atoms with Gasteiger partial charge >= 0.3 is 0 Å². The fraction of sp³-hybridized carbons (Fsp3) is 0.500. The molecule has 1 fully saturated rings. The zero-order valence-electron chi connectivity index (χ0n) is 9.55. The highest BCUT2D eigenvalue weighted by atomic mass is 79.9. The van der Waals surface area contributed by atoms with E-state index in [1.54, 1.807) is 11.9 Å². The highest BCUT2D eigenvalue weighted by Gasteiger charge is 2.24. The van der Waals surface area contributed by atoms with Gasteiger partial charge in [-0.1, -0.05) is 15.9 Å². The summed E-state index contributed by atoms with van der Waals surface area (Å²) in [6.45, 7) is 0. The first-order valence-corrected chi connectivity index (χ1v) is 7.75. The van der Waals surface area contributed by atoms with Gasteiger partial charge in [0.05, 0.1) is 0 Å². The Morgan fingerprint density at radius 2 is 2.06 bits per heavy atom. The van der Waals surface area contributed by atoms with Crippen LogP contribution in [0.4, 0.5) is 14.5 Å². The minimum Gasteiger partial charge on any atom is -0.366 e. The lowest BCUT2D eigenvalue weighted by Crippen LogP contribution is -2.32. The van der Waals surface area contributed by atoms with Gasteiger partial charge in [0.2, 0.25) is 0 Å². The number of rotatable bonds is 3. The fourth-order valence-corrected chi connectivity index (χ4v) is 3.63. The van der Waals surface area contributed by atoms with E-state index in [0.29, 0.717) is 10.9 Å². The van der Waals surface area contributed by atoms with Crippen LogP contribution in [0, 0.1) is 11.6 Å². The molecule has 0 amide bonds. The van der Waals surface area contributed by atoms with E-state index in [4.69, 9.17) is 0 Å². The molecule has 1 saturated heterocycles.